The maximum Gasteiger partial charge on any atom is 0.303 e. The fourth-order valence-electron chi connectivity index (χ4n) is 2.56. The lowest BCUT2D eigenvalue weighted by Gasteiger charge is -2.44. The van der Waals surface area contributed by atoms with Crippen LogP contribution in [-0.4, -0.2) is 67.8 Å². The molecule has 0 bridgehead atoms. The second-order valence-corrected chi connectivity index (χ2v) is 5.89. The highest BCUT2D eigenvalue weighted by Crippen LogP contribution is 2.30. The second kappa shape index (κ2) is 11.3. The van der Waals surface area contributed by atoms with Crippen LogP contribution < -0.4 is 0 Å². The van der Waals surface area contributed by atoms with Gasteiger partial charge in [-0.25, -0.2) is 0 Å². The Hall–Kier alpha value is -2.64. The SMILES string of the molecule is C#CCCO[C@@H]1O[C@H](COC(C)=O)[C@H](OC(C)=O)[C@H](OC(C)=O)[C@H]1OC(C)=O. The van der Waals surface area contributed by atoms with Crippen LogP contribution in [0.3, 0.4) is 0 Å². The molecule has 1 fully saturated rings. The molecule has 1 heterocycles. The Kier molecular flexibility index (Phi) is 9.41. The summed E-state index contributed by atoms with van der Waals surface area (Å²) in [5.74, 6) is -0.329. The predicted octanol–water partition coefficient (Wildman–Crippen LogP) is 0.109. The summed E-state index contributed by atoms with van der Waals surface area (Å²) < 4.78 is 31.9. The van der Waals surface area contributed by atoms with Gasteiger partial charge in [-0.05, 0) is 0 Å². The highest BCUT2D eigenvalue weighted by Gasteiger charge is 2.52. The van der Waals surface area contributed by atoms with Crippen LogP contribution in [0.2, 0.25) is 0 Å². The predicted molar refractivity (Wildman–Crippen MR) is 91.4 cm³/mol. The summed E-state index contributed by atoms with van der Waals surface area (Å²) in [6.45, 7) is 4.37. The van der Waals surface area contributed by atoms with Gasteiger partial charge < -0.3 is 28.4 Å². The Morgan fingerprint density at radius 3 is 1.89 bits per heavy atom. The lowest BCUT2D eigenvalue weighted by molar-refractivity contribution is -0.307. The number of esters is 4. The molecule has 0 N–H and O–H groups in total. The summed E-state index contributed by atoms with van der Waals surface area (Å²) in [7, 11) is 0. The number of rotatable bonds is 8. The first-order valence-electron chi connectivity index (χ1n) is 8.51. The fourth-order valence-corrected chi connectivity index (χ4v) is 2.56. The van der Waals surface area contributed by atoms with E-state index in [1.807, 2.05) is 0 Å². The van der Waals surface area contributed by atoms with E-state index in [0.29, 0.717) is 0 Å². The highest BCUT2D eigenvalue weighted by molar-refractivity contribution is 5.68. The van der Waals surface area contributed by atoms with Gasteiger partial charge >= 0.3 is 23.9 Å². The van der Waals surface area contributed by atoms with Crippen LogP contribution in [0, 0.1) is 12.3 Å². The van der Waals surface area contributed by atoms with E-state index in [4.69, 9.17) is 34.8 Å². The molecule has 0 amide bonds. The van der Waals surface area contributed by atoms with E-state index >= 15 is 0 Å². The van der Waals surface area contributed by atoms with E-state index in [2.05, 4.69) is 5.92 Å². The zero-order valence-corrected chi connectivity index (χ0v) is 16.2. The average Bonchev–Trinajstić information content (AvgIpc) is 2.57. The molecule has 0 saturated carbocycles. The van der Waals surface area contributed by atoms with Crippen molar-refractivity contribution >= 4 is 23.9 Å². The Bertz CT molecular complexity index is 622. The summed E-state index contributed by atoms with van der Waals surface area (Å²) >= 11 is 0. The van der Waals surface area contributed by atoms with Crippen LogP contribution in [0.15, 0.2) is 0 Å². The average molecular weight is 400 g/mol. The first-order valence-corrected chi connectivity index (χ1v) is 8.51. The van der Waals surface area contributed by atoms with Gasteiger partial charge in [-0.3, -0.25) is 19.2 Å². The van der Waals surface area contributed by atoms with Gasteiger partial charge in [-0.1, -0.05) is 0 Å². The number of carbonyl (C=O) groups is 4. The molecule has 1 saturated heterocycles. The molecule has 0 aromatic heterocycles. The lowest BCUT2D eigenvalue weighted by Crippen LogP contribution is -2.63. The van der Waals surface area contributed by atoms with Crippen molar-refractivity contribution in [2.24, 2.45) is 0 Å². The smallest absolute Gasteiger partial charge is 0.303 e. The van der Waals surface area contributed by atoms with Gasteiger partial charge in [0.1, 0.15) is 12.7 Å². The lowest BCUT2D eigenvalue weighted by atomic mass is 9.98. The van der Waals surface area contributed by atoms with E-state index in [0.717, 1.165) is 20.8 Å². The van der Waals surface area contributed by atoms with E-state index in [1.165, 1.54) is 6.92 Å². The summed E-state index contributed by atoms with van der Waals surface area (Å²) in [4.78, 5) is 45.9. The molecule has 1 rings (SSSR count). The number of terminal acetylenes is 1. The third-order valence-corrected chi connectivity index (χ3v) is 3.48. The number of hydrogen-bond acceptors (Lipinski definition) is 10. The van der Waals surface area contributed by atoms with Crippen LogP contribution in [0.5, 0.6) is 0 Å². The number of ether oxygens (including phenoxy) is 6. The minimum atomic E-state index is -1.25. The number of carbonyl (C=O) groups excluding carboxylic acids is 4. The van der Waals surface area contributed by atoms with Crippen molar-refractivity contribution in [2.45, 2.75) is 64.8 Å². The van der Waals surface area contributed by atoms with Crippen molar-refractivity contribution in [1.29, 1.82) is 0 Å². The largest absolute Gasteiger partial charge is 0.463 e. The molecular formula is C18H24O10. The standard InChI is InChI=1S/C18H24O10/c1-6-7-8-23-18-17(27-13(5)22)16(26-12(4)21)15(25-11(3)20)14(28-18)9-24-10(2)19/h1,14-18H,7-9H2,2-5H3/t14-,15+,16+,17-,18-/m1/s1. The van der Waals surface area contributed by atoms with Crippen molar-refractivity contribution in [3.05, 3.63) is 0 Å². The van der Waals surface area contributed by atoms with E-state index in [9.17, 15) is 19.2 Å². The minimum absolute atomic E-state index is 0.0598. The second-order valence-electron chi connectivity index (χ2n) is 5.89. The van der Waals surface area contributed by atoms with Gasteiger partial charge in [0.25, 0.3) is 0 Å². The van der Waals surface area contributed by atoms with Crippen molar-refractivity contribution in [2.75, 3.05) is 13.2 Å². The van der Waals surface area contributed by atoms with Gasteiger partial charge in [0.2, 0.25) is 0 Å². The molecule has 28 heavy (non-hydrogen) atoms. The Morgan fingerprint density at radius 2 is 1.39 bits per heavy atom. The van der Waals surface area contributed by atoms with Crippen molar-refractivity contribution in [3.8, 4) is 12.3 Å². The van der Waals surface area contributed by atoms with Crippen LogP contribution in [0.1, 0.15) is 34.1 Å². The third kappa shape index (κ3) is 7.54. The van der Waals surface area contributed by atoms with Crippen molar-refractivity contribution in [3.63, 3.8) is 0 Å². The summed E-state index contributed by atoms with van der Waals surface area (Å²) in [5.41, 5.74) is 0. The minimum Gasteiger partial charge on any atom is -0.463 e. The molecular weight excluding hydrogens is 376 g/mol. The van der Waals surface area contributed by atoms with Crippen LogP contribution in [0.25, 0.3) is 0 Å². The van der Waals surface area contributed by atoms with Gasteiger partial charge in [-0.2, -0.15) is 0 Å². The fraction of sp³-hybridized carbons (Fsp3) is 0.667. The summed E-state index contributed by atoms with van der Waals surface area (Å²) in [6, 6.07) is 0. The molecule has 0 aromatic rings. The third-order valence-electron chi connectivity index (χ3n) is 3.48. The van der Waals surface area contributed by atoms with Gasteiger partial charge in [-0.15, -0.1) is 12.3 Å². The quantitative estimate of drug-likeness (QED) is 0.240. The van der Waals surface area contributed by atoms with Gasteiger partial charge in [0.05, 0.1) is 6.61 Å². The molecule has 10 nitrogen and oxygen atoms in total. The molecule has 1 aliphatic heterocycles. The van der Waals surface area contributed by atoms with E-state index < -0.39 is 54.6 Å². The molecule has 5 atom stereocenters. The monoisotopic (exact) mass is 400 g/mol. The maximum absolute atomic E-state index is 11.6. The van der Waals surface area contributed by atoms with Crippen molar-refractivity contribution in [1.82, 2.24) is 0 Å². The first kappa shape index (κ1) is 23.4. The molecule has 1 aliphatic rings. The van der Waals surface area contributed by atoms with E-state index in [1.54, 1.807) is 0 Å². The van der Waals surface area contributed by atoms with E-state index in [-0.39, 0.29) is 19.6 Å². The van der Waals surface area contributed by atoms with Crippen LogP contribution in [-0.2, 0) is 47.6 Å². The Balaban J connectivity index is 3.23. The Labute approximate surface area is 162 Å². The summed E-state index contributed by atoms with van der Waals surface area (Å²) in [6.07, 6.45) is -0.505. The molecule has 156 valence electrons. The van der Waals surface area contributed by atoms with Crippen LogP contribution >= 0.6 is 0 Å². The molecule has 0 aromatic carbocycles. The van der Waals surface area contributed by atoms with Crippen molar-refractivity contribution < 1.29 is 47.6 Å². The normalized spacial score (nSPS) is 26.5. The van der Waals surface area contributed by atoms with Gasteiger partial charge in [0.15, 0.2) is 24.6 Å². The zero-order chi connectivity index (χ0) is 21.3. The molecule has 0 unspecified atom stereocenters. The molecule has 10 heteroatoms. The Morgan fingerprint density at radius 1 is 0.857 bits per heavy atom. The molecule has 0 spiro atoms. The molecule has 0 aliphatic carbocycles. The zero-order valence-electron chi connectivity index (χ0n) is 16.2. The first-order chi connectivity index (χ1) is 13.1. The summed E-state index contributed by atoms with van der Waals surface area (Å²) in [5, 5.41) is 0. The molecule has 0 radical (unpaired) electrons. The number of hydrogen-bond donors (Lipinski definition) is 0. The van der Waals surface area contributed by atoms with Gasteiger partial charge in [0, 0.05) is 34.1 Å². The highest BCUT2D eigenvalue weighted by atomic mass is 16.7. The maximum atomic E-state index is 11.6. The topological polar surface area (TPSA) is 124 Å². The van der Waals surface area contributed by atoms with Crippen LogP contribution in [0.4, 0.5) is 0 Å².